The number of rotatable bonds is 6. The monoisotopic (exact) mass is 277 g/mol. The minimum atomic E-state index is -4.35. The van der Waals surface area contributed by atoms with Crippen LogP contribution in [0.15, 0.2) is 18.2 Å². The summed E-state index contributed by atoms with van der Waals surface area (Å²) in [5.41, 5.74) is 11.7. The molecule has 0 unspecified atom stereocenters. The number of carbonyl (C=O) groups is 1. The number of anilines is 2. The Morgan fingerprint density at radius 2 is 2.05 bits per heavy atom. The first kappa shape index (κ1) is 15.1. The summed E-state index contributed by atoms with van der Waals surface area (Å²) in [6, 6.07) is 4.42. The van der Waals surface area contributed by atoms with E-state index >= 15 is 0 Å². The Hall–Kier alpha value is -1.96. The second kappa shape index (κ2) is 6.28. The molecular weight excluding hydrogens is 263 g/mol. The third-order valence-electron chi connectivity index (χ3n) is 2.14. The maximum Gasteiger partial charge on any atom is 0.411 e. The standard InChI is InChI=1S/C11H14F3N3O2/c12-11(13,14)6-19-4-3-17-9-5-7(15)1-2-8(9)10(16)18/h1-2,5,17H,3-4,6,15H2,(H2,16,18). The van der Waals surface area contributed by atoms with E-state index in [1.165, 1.54) is 18.2 Å². The van der Waals surface area contributed by atoms with Gasteiger partial charge in [0.25, 0.3) is 5.91 Å². The van der Waals surface area contributed by atoms with Gasteiger partial charge in [-0.05, 0) is 18.2 Å². The lowest BCUT2D eigenvalue weighted by Gasteiger charge is -2.12. The third-order valence-corrected chi connectivity index (χ3v) is 2.14. The number of nitrogen functional groups attached to an aromatic ring is 1. The third kappa shape index (κ3) is 5.47. The molecule has 0 fully saturated rings. The maximum atomic E-state index is 11.8. The topological polar surface area (TPSA) is 90.4 Å². The van der Waals surface area contributed by atoms with E-state index in [9.17, 15) is 18.0 Å². The van der Waals surface area contributed by atoms with Gasteiger partial charge in [-0.3, -0.25) is 4.79 Å². The Morgan fingerprint density at radius 1 is 1.37 bits per heavy atom. The predicted octanol–water partition coefficient (Wildman–Crippen LogP) is 1.36. The lowest BCUT2D eigenvalue weighted by Crippen LogP contribution is -2.21. The molecule has 1 amide bonds. The number of nitrogens with one attached hydrogen (secondary N) is 1. The summed E-state index contributed by atoms with van der Waals surface area (Å²) in [5, 5.41) is 2.75. The van der Waals surface area contributed by atoms with Gasteiger partial charge in [0.2, 0.25) is 0 Å². The van der Waals surface area contributed by atoms with Crippen LogP contribution in [0.3, 0.4) is 0 Å². The molecule has 0 aliphatic rings. The van der Waals surface area contributed by atoms with Gasteiger partial charge in [0.1, 0.15) is 6.61 Å². The van der Waals surface area contributed by atoms with E-state index in [1.807, 2.05) is 0 Å². The molecule has 1 aromatic carbocycles. The van der Waals surface area contributed by atoms with E-state index < -0.39 is 18.7 Å². The lowest BCUT2D eigenvalue weighted by atomic mass is 10.1. The van der Waals surface area contributed by atoms with Crippen LogP contribution in [0.1, 0.15) is 10.4 Å². The molecule has 0 aliphatic carbocycles. The van der Waals surface area contributed by atoms with Gasteiger partial charge in [0.15, 0.2) is 0 Å². The van der Waals surface area contributed by atoms with Gasteiger partial charge in [0, 0.05) is 17.9 Å². The van der Waals surface area contributed by atoms with Crippen molar-refractivity contribution in [3.63, 3.8) is 0 Å². The normalized spacial score (nSPS) is 11.3. The van der Waals surface area contributed by atoms with Crippen LogP contribution in [-0.4, -0.2) is 31.8 Å². The average molecular weight is 277 g/mol. The van der Waals surface area contributed by atoms with Crippen molar-refractivity contribution in [3.8, 4) is 0 Å². The molecule has 1 rings (SSSR count). The van der Waals surface area contributed by atoms with Gasteiger partial charge in [0.05, 0.1) is 12.2 Å². The Bertz CT molecular complexity index is 449. The molecular formula is C11H14F3N3O2. The van der Waals surface area contributed by atoms with Crippen LogP contribution in [-0.2, 0) is 4.74 Å². The molecule has 1 aromatic rings. The molecule has 8 heteroatoms. The summed E-state index contributed by atoms with van der Waals surface area (Å²) in [5.74, 6) is -0.654. The highest BCUT2D eigenvalue weighted by molar-refractivity contribution is 5.99. The molecule has 0 aliphatic heterocycles. The predicted molar refractivity (Wildman–Crippen MR) is 64.7 cm³/mol. The van der Waals surface area contributed by atoms with Gasteiger partial charge in [-0.1, -0.05) is 0 Å². The molecule has 0 saturated heterocycles. The zero-order valence-electron chi connectivity index (χ0n) is 9.96. The van der Waals surface area contributed by atoms with E-state index in [0.717, 1.165) is 0 Å². The number of benzene rings is 1. The first-order valence-corrected chi connectivity index (χ1v) is 5.37. The van der Waals surface area contributed by atoms with Crippen molar-refractivity contribution in [1.82, 2.24) is 0 Å². The fourth-order valence-electron chi connectivity index (χ4n) is 1.37. The Labute approximate surface area is 107 Å². The van der Waals surface area contributed by atoms with Crippen molar-refractivity contribution in [3.05, 3.63) is 23.8 Å². The van der Waals surface area contributed by atoms with Crippen LogP contribution in [0.2, 0.25) is 0 Å². The van der Waals surface area contributed by atoms with Crippen molar-refractivity contribution < 1.29 is 22.7 Å². The second-order valence-electron chi connectivity index (χ2n) is 3.76. The van der Waals surface area contributed by atoms with Crippen LogP contribution in [0.5, 0.6) is 0 Å². The number of alkyl halides is 3. The van der Waals surface area contributed by atoms with E-state index in [2.05, 4.69) is 10.1 Å². The average Bonchev–Trinajstić information content (AvgIpc) is 2.26. The SMILES string of the molecule is NC(=O)c1ccc(N)cc1NCCOCC(F)(F)F. The van der Waals surface area contributed by atoms with Crippen LogP contribution in [0, 0.1) is 0 Å². The molecule has 0 atom stereocenters. The highest BCUT2D eigenvalue weighted by atomic mass is 19.4. The fraction of sp³-hybridized carbons (Fsp3) is 0.364. The zero-order chi connectivity index (χ0) is 14.5. The minimum absolute atomic E-state index is 0.0970. The van der Waals surface area contributed by atoms with Crippen LogP contribution >= 0.6 is 0 Å². The highest BCUT2D eigenvalue weighted by Crippen LogP contribution is 2.18. The van der Waals surface area contributed by atoms with Crippen LogP contribution < -0.4 is 16.8 Å². The van der Waals surface area contributed by atoms with Gasteiger partial charge in [-0.2, -0.15) is 13.2 Å². The minimum Gasteiger partial charge on any atom is -0.399 e. The summed E-state index contributed by atoms with van der Waals surface area (Å²) < 4.78 is 39.8. The Morgan fingerprint density at radius 3 is 2.63 bits per heavy atom. The largest absolute Gasteiger partial charge is 0.411 e. The number of primary amides is 1. The van der Waals surface area contributed by atoms with Crippen LogP contribution in [0.4, 0.5) is 24.5 Å². The van der Waals surface area contributed by atoms with Crippen molar-refractivity contribution >= 4 is 17.3 Å². The first-order valence-electron chi connectivity index (χ1n) is 5.37. The second-order valence-corrected chi connectivity index (χ2v) is 3.76. The van der Waals surface area contributed by atoms with E-state index in [1.54, 1.807) is 0 Å². The molecule has 0 spiro atoms. The van der Waals surface area contributed by atoms with Gasteiger partial charge in [-0.15, -0.1) is 0 Å². The molecule has 5 N–H and O–H groups in total. The Balaban J connectivity index is 2.49. The molecule has 0 saturated carbocycles. The molecule has 106 valence electrons. The van der Waals surface area contributed by atoms with E-state index in [-0.39, 0.29) is 18.7 Å². The molecule has 19 heavy (non-hydrogen) atoms. The zero-order valence-corrected chi connectivity index (χ0v) is 9.96. The van der Waals surface area contributed by atoms with Crippen molar-refractivity contribution in [2.24, 2.45) is 5.73 Å². The number of nitrogens with two attached hydrogens (primary N) is 2. The smallest absolute Gasteiger partial charge is 0.399 e. The molecule has 0 bridgehead atoms. The number of amides is 1. The number of ether oxygens (including phenoxy) is 1. The summed E-state index contributed by atoms with van der Waals surface area (Å²) in [6.45, 7) is -1.37. The van der Waals surface area contributed by atoms with Crippen molar-refractivity contribution in [1.29, 1.82) is 0 Å². The fourth-order valence-corrected chi connectivity index (χ4v) is 1.37. The summed E-state index contributed by atoms with van der Waals surface area (Å²) in [4.78, 5) is 11.1. The number of hydrogen-bond donors (Lipinski definition) is 3. The number of carbonyl (C=O) groups excluding carboxylic acids is 1. The van der Waals surface area contributed by atoms with E-state index in [4.69, 9.17) is 11.5 Å². The quantitative estimate of drug-likeness (QED) is 0.541. The lowest BCUT2D eigenvalue weighted by molar-refractivity contribution is -0.172. The van der Waals surface area contributed by atoms with Crippen LogP contribution in [0.25, 0.3) is 0 Å². The summed E-state index contributed by atoms with van der Waals surface area (Å²) in [6.07, 6.45) is -4.35. The van der Waals surface area contributed by atoms with Crippen molar-refractivity contribution in [2.45, 2.75) is 6.18 Å². The molecule has 0 radical (unpaired) electrons. The van der Waals surface area contributed by atoms with Gasteiger partial charge in [-0.25, -0.2) is 0 Å². The summed E-state index contributed by atoms with van der Waals surface area (Å²) >= 11 is 0. The molecule has 0 aromatic heterocycles. The molecule has 0 heterocycles. The number of halogens is 3. The highest BCUT2D eigenvalue weighted by Gasteiger charge is 2.27. The summed E-state index contributed by atoms with van der Waals surface area (Å²) in [7, 11) is 0. The first-order chi connectivity index (χ1) is 8.79. The molecule has 5 nitrogen and oxygen atoms in total. The Kier molecular flexibility index (Phi) is 4.99. The van der Waals surface area contributed by atoms with E-state index in [0.29, 0.717) is 11.4 Å². The maximum absolute atomic E-state index is 11.8. The van der Waals surface area contributed by atoms with Gasteiger partial charge >= 0.3 is 6.18 Å². The van der Waals surface area contributed by atoms with Crippen molar-refractivity contribution in [2.75, 3.05) is 30.8 Å². The van der Waals surface area contributed by atoms with Gasteiger partial charge < -0.3 is 21.5 Å². The number of hydrogen-bond acceptors (Lipinski definition) is 4.